The fourth-order valence-electron chi connectivity index (χ4n) is 2.72. The number of hydrogen-bond acceptors (Lipinski definition) is 5. The van der Waals surface area contributed by atoms with E-state index in [1.54, 1.807) is 50.2 Å². The lowest BCUT2D eigenvalue weighted by Gasteiger charge is -2.10. The molecule has 3 aromatic rings. The topological polar surface area (TPSA) is 104 Å². The van der Waals surface area contributed by atoms with Gasteiger partial charge < -0.3 is 5.32 Å². The van der Waals surface area contributed by atoms with E-state index in [9.17, 15) is 13.2 Å². The number of carbonyl (C=O) groups excluding carboxylic acids is 1. The lowest BCUT2D eigenvalue weighted by Crippen LogP contribution is -2.14. The Balaban J connectivity index is 1.73. The minimum Gasteiger partial charge on any atom is -0.356 e. The van der Waals surface area contributed by atoms with Crippen molar-refractivity contribution in [3.8, 4) is 0 Å². The number of ketones is 1. The van der Waals surface area contributed by atoms with E-state index in [4.69, 9.17) is 0 Å². The first-order valence-corrected chi connectivity index (χ1v) is 9.77. The van der Waals surface area contributed by atoms with Crippen molar-refractivity contribution in [3.63, 3.8) is 0 Å². The summed E-state index contributed by atoms with van der Waals surface area (Å²) in [7, 11) is -3.71. The van der Waals surface area contributed by atoms with Gasteiger partial charge in [-0.05, 0) is 69.3 Å². The molecule has 0 aliphatic carbocycles. The molecular weight excluding hydrogens is 364 g/mol. The summed E-state index contributed by atoms with van der Waals surface area (Å²) in [6.07, 6.45) is 0. The van der Waals surface area contributed by atoms with Gasteiger partial charge in [-0.15, -0.1) is 0 Å². The standard InChI is InChI=1S/C19H20N4O3S/c1-12-19(13(2)22-21-12)27(25,26)23-18-10-8-17(9-11-18)20-16-6-4-15(5-7-16)14(3)24/h4-11,20,23H,1-3H3,(H,21,22). The SMILES string of the molecule is CC(=O)c1ccc(Nc2ccc(NS(=O)(=O)c3c(C)n[nH]c3C)cc2)cc1. The zero-order chi connectivity index (χ0) is 19.6. The first kappa shape index (κ1) is 18.7. The second-order valence-corrected chi connectivity index (χ2v) is 7.82. The third-order valence-corrected chi connectivity index (χ3v) is 5.69. The van der Waals surface area contributed by atoms with E-state index in [0.717, 1.165) is 11.4 Å². The Morgan fingerprint density at radius 3 is 1.93 bits per heavy atom. The van der Waals surface area contributed by atoms with Crippen LogP contribution in [0.4, 0.5) is 17.1 Å². The predicted molar refractivity (Wildman–Crippen MR) is 105 cm³/mol. The lowest BCUT2D eigenvalue weighted by atomic mass is 10.1. The van der Waals surface area contributed by atoms with E-state index in [0.29, 0.717) is 22.6 Å². The van der Waals surface area contributed by atoms with Gasteiger partial charge in [0.1, 0.15) is 4.90 Å². The molecule has 0 bridgehead atoms. The number of aryl methyl sites for hydroxylation is 2. The lowest BCUT2D eigenvalue weighted by molar-refractivity contribution is 0.101. The van der Waals surface area contributed by atoms with Crippen molar-refractivity contribution < 1.29 is 13.2 Å². The maximum Gasteiger partial charge on any atom is 0.265 e. The summed E-state index contributed by atoms with van der Waals surface area (Å²) in [5, 5.41) is 9.80. The molecule has 0 aliphatic heterocycles. The molecule has 3 rings (SSSR count). The van der Waals surface area contributed by atoms with E-state index >= 15 is 0 Å². The number of rotatable bonds is 6. The monoisotopic (exact) mass is 384 g/mol. The van der Waals surface area contributed by atoms with E-state index in [-0.39, 0.29) is 10.7 Å². The molecule has 0 amide bonds. The number of aromatic amines is 1. The highest BCUT2D eigenvalue weighted by Gasteiger charge is 2.22. The summed E-state index contributed by atoms with van der Waals surface area (Å²) in [6, 6.07) is 14.0. The molecule has 0 atom stereocenters. The van der Waals surface area contributed by atoms with Crippen LogP contribution in [0, 0.1) is 13.8 Å². The summed E-state index contributed by atoms with van der Waals surface area (Å²) in [4.78, 5) is 11.5. The van der Waals surface area contributed by atoms with Gasteiger partial charge in [0.15, 0.2) is 5.78 Å². The molecule has 0 saturated heterocycles. The molecule has 140 valence electrons. The normalized spacial score (nSPS) is 11.2. The van der Waals surface area contributed by atoms with Gasteiger partial charge in [-0.3, -0.25) is 14.6 Å². The Morgan fingerprint density at radius 2 is 1.44 bits per heavy atom. The van der Waals surface area contributed by atoms with E-state index in [1.807, 2.05) is 12.1 Å². The number of aromatic nitrogens is 2. The van der Waals surface area contributed by atoms with Crippen LogP contribution >= 0.6 is 0 Å². The van der Waals surface area contributed by atoms with Gasteiger partial charge in [-0.2, -0.15) is 5.10 Å². The molecule has 1 heterocycles. The number of anilines is 3. The van der Waals surface area contributed by atoms with Crippen molar-refractivity contribution in [3.05, 3.63) is 65.5 Å². The number of benzene rings is 2. The molecular formula is C19H20N4O3S. The zero-order valence-electron chi connectivity index (χ0n) is 15.2. The van der Waals surface area contributed by atoms with Crippen molar-refractivity contribution in [2.45, 2.75) is 25.7 Å². The molecule has 0 radical (unpaired) electrons. The van der Waals surface area contributed by atoms with Gasteiger partial charge >= 0.3 is 0 Å². The van der Waals surface area contributed by atoms with Gasteiger partial charge in [-0.25, -0.2) is 8.42 Å². The number of Topliss-reactive ketones (excluding diaryl/α,β-unsaturated/α-hetero) is 1. The minimum atomic E-state index is -3.71. The number of sulfonamides is 1. The highest BCUT2D eigenvalue weighted by molar-refractivity contribution is 7.92. The Kier molecular flexibility index (Phi) is 5.00. The fourth-order valence-corrected chi connectivity index (χ4v) is 4.15. The maximum absolute atomic E-state index is 12.6. The van der Waals surface area contributed by atoms with Gasteiger partial charge in [-0.1, -0.05) is 0 Å². The Labute approximate surface area is 157 Å². The molecule has 0 unspecified atom stereocenters. The molecule has 27 heavy (non-hydrogen) atoms. The van der Waals surface area contributed by atoms with Crippen LogP contribution in [0.3, 0.4) is 0 Å². The van der Waals surface area contributed by atoms with Crippen molar-refractivity contribution in [1.82, 2.24) is 10.2 Å². The molecule has 2 aromatic carbocycles. The van der Waals surface area contributed by atoms with Crippen LogP contribution in [0.1, 0.15) is 28.7 Å². The average Bonchev–Trinajstić information content (AvgIpc) is 2.96. The van der Waals surface area contributed by atoms with E-state index < -0.39 is 10.0 Å². The third-order valence-electron chi connectivity index (χ3n) is 4.05. The summed E-state index contributed by atoms with van der Waals surface area (Å²) in [5.41, 5.74) is 3.64. The smallest absolute Gasteiger partial charge is 0.265 e. The van der Waals surface area contributed by atoms with Crippen LogP contribution < -0.4 is 10.0 Å². The number of nitrogens with one attached hydrogen (secondary N) is 3. The molecule has 1 aromatic heterocycles. The van der Waals surface area contributed by atoms with Crippen LogP contribution in [-0.2, 0) is 10.0 Å². The second kappa shape index (κ2) is 7.24. The molecule has 0 spiro atoms. The summed E-state index contributed by atoms with van der Waals surface area (Å²) in [5.74, 6) is 0.0151. The van der Waals surface area contributed by atoms with E-state index in [1.165, 1.54) is 6.92 Å². The predicted octanol–water partition coefficient (Wildman–Crippen LogP) is 3.77. The number of hydrogen-bond donors (Lipinski definition) is 3. The van der Waals surface area contributed by atoms with Gasteiger partial charge in [0.05, 0.1) is 11.4 Å². The molecule has 0 aliphatic rings. The van der Waals surface area contributed by atoms with Crippen molar-refractivity contribution in [2.75, 3.05) is 10.0 Å². The number of nitrogens with zero attached hydrogens (tertiary/aromatic N) is 1. The van der Waals surface area contributed by atoms with Gasteiger partial charge in [0, 0.05) is 22.6 Å². The fraction of sp³-hybridized carbons (Fsp3) is 0.158. The largest absolute Gasteiger partial charge is 0.356 e. The molecule has 8 heteroatoms. The minimum absolute atomic E-state index is 0.0151. The van der Waals surface area contributed by atoms with Gasteiger partial charge in [0.2, 0.25) is 0 Å². The maximum atomic E-state index is 12.6. The van der Waals surface area contributed by atoms with Crippen LogP contribution in [-0.4, -0.2) is 24.4 Å². The Bertz CT molecular complexity index is 1050. The van der Waals surface area contributed by atoms with Crippen LogP contribution in [0.25, 0.3) is 0 Å². The Morgan fingerprint density at radius 1 is 0.926 bits per heavy atom. The first-order chi connectivity index (χ1) is 12.8. The van der Waals surface area contributed by atoms with Crippen LogP contribution in [0.2, 0.25) is 0 Å². The second-order valence-electron chi connectivity index (χ2n) is 6.20. The molecule has 0 saturated carbocycles. The van der Waals surface area contributed by atoms with Crippen LogP contribution in [0.5, 0.6) is 0 Å². The van der Waals surface area contributed by atoms with Crippen LogP contribution in [0.15, 0.2) is 53.4 Å². The summed E-state index contributed by atoms with van der Waals surface area (Å²) < 4.78 is 27.7. The summed E-state index contributed by atoms with van der Waals surface area (Å²) in [6.45, 7) is 4.83. The molecule has 7 nitrogen and oxygen atoms in total. The number of H-pyrrole nitrogens is 1. The third kappa shape index (κ3) is 4.17. The highest BCUT2D eigenvalue weighted by atomic mass is 32.2. The quantitative estimate of drug-likeness (QED) is 0.561. The average molecular weight is 384 g/mol. The number of carbonyl (C=O) groups is 1. The van der Waals surface area contributed by atoms with E-state index in [2.05, 4.69) is 20.2 Å². The zero-order valence-corrected chi connectivity index (χ0v) is 16.0. The van der Waals surface area contributed by atoms with Gasteiger partial charge in [0.25, 0.3) is 10.0 Å². The Hall–Kier alpha value is -3.13. The highest BCUT2D eigenvalue weighted by Crippen LogP contribution is 2.23. The van der Waals surface area contributed by atoms with Crippen molar-refractivity contribution in [1.29, 1.82) is 0 Å². The van der Waals surface area contributed by atoms with Crippen molar-refractivity contribution in [2.24, 2.45) is 0 Å². The first-order valence-electron chi connectivity index (χ1n) is 8.29. The molecule has 0 fully saturated rings. The summed E-state index contributed by atoms with van der Waals surface area (Å²) >= 11 is 0. The molecule has 3 N–H and O–H groups in total. The van der Waals surface area contributed by atoms with Crippen molar-refractivity contribution >= 4 is 32.9 Å².